The van der Waals surface area contributed by atoms with Crippen molar-refractivity contribution in [2.45, 2.75) is 19.9 Å². The van der Waals surface area contributed by atoms with E-state index in [9.17, 15) is 0 Å². The molecular weight excluding hydrogens is 188 g/mol. The number of fused-ring (bicyclic) bond motifs is 3. The van der Waals surface area contributed by atoms with Crippen LogP contribution in [0.4, 0.5) is 0 Å². The Hall–Kier alpha value is -1.51. The Morgan fingerprint density at radius 1 is 1.47 bits per heavy atom. The van der Waals surface area contributed by atoms with Gasteiger partial charge in [0.2, 0.25) is 0 Å². The van der Waals surface area contributed by atoms with Crippen LogP contribution in [0.1, 0.15) is 12.7 Å². The molecule has 0 spiro atoms. The van der Waals surface area contributed by atoms with Gasteiger partial charge in [-0.1, -0.05) is 6.92 Å². The van der Waals surface area contributed by atoms with Crippen LogP contribution in [0.25, 0.3) is 11.0 Å². The molecule has 1 aliphatic heterocycles. The standard InChI is InChI=1S/C12H14N2O/c1-8-5-12-13-10-4-3-9(15-2)6-11(10)14(12)7-8/h3-4,6,8H,5,7H2,1-2H3/t8-/m0/s1. The SMILES string of the molecule is COc1ccc2nc3n(c2c1)C[C@@H](C)C3. The van der Waals surface area contributed by atoms with Gasteiger partial charge in [-0.2, -0.15) is 0 Å². The maximum atomic E-state index is 5.24. The molecule has 3 heteroatoms. The predicted molar refractivity (Wildman–Crippen MR) is 59.2 cm³/mol. The van der Waals surface area contributed by atoms with Crippen LogP contribution in [-0.4, -0.2) is 16.7 Å². The molecule has 15 heavy (non-hydrogen) atoms. The Labute approximate surface area is 88.7 Å². The molecule has 0 amide bonds. The number of rotatable bonds is 1. The molecule has 3 nitrogen and oxygen atoms in total. The van der Waals surface area contributed by atoms with E-state index in [-0.39, 0.29) is 0 Å². The van der Waals surface area contributed by atoms with Gasteiger partial charge in [-0.25, -0.2) is 4.98 Å². The first-order valence-electron chi connectivity index (χ1n) is 5.31. The van der Waals surface area contributed by atoms with Crippen molar-refractivity contribution in [3.05, 3.63) is 24.0 Å². The third kappa shape index (κ3) is 1.23. The van der Waals surface area contributed by atoms with Crippen LogP contribution in [-0.2, 0) is 13.0 Å². The van der Waals surface area contributed by atoms with E-state index in [4.69, 9.17) is 4.74 Å². The number of aromatic nitrogens is 2. The predicted octanol–water partition coefficient (Wildman–Crippen LogP) is 2.24. The summed E-state index contributed by atoms with van der Waals surface area (Å²) in [7, 11) is 1.70. The molecule has 0 unspecified atom stereocenters. The van der Waals surface area contributed by atoms with E-state index in [1.54, 1.807) is 7.11 Å². The topological polar surface area (TPSA) is 27.1 Å². The smallest absolute Gasteiger partial charge is 0.121 e. The van der Waals surface area contributed by atoms with Gasteiger partial charge in [0, 0.05) is 19.0 Å². The molecule has 0 fully saturated rings. The fourth-order valence-corrected chi connectivity index (χ4v) is 2.33. The lowest BCUT2D eigenvalue weighted by atomic mass is 10.1. The van der Waals surface area contributed by atoms with Crippen LogP contribution in [0.2, 0.25) is 0 Å². The summed E-state index contributed by atoms with van der Waals surface area (Å²) in [6.45, 7) is 3.35. The molecule has 0 bridgehead atoms. The fraction of sp³-hybridized carbons (Fsp3) is 0.417. The lowest BCUT2D eigenvalue weighted by Gasteiger charge is -2.03. The first kappa shape index (κ1) is 8.77. The third-order valence-electron chi connectivity index (χ3n) is 3.06. The zero-order chi connectivity index (χ0) is 10.4. The van der Waals surface area contributed by atoms with Gasteiger partial charge in [0.05, 0.1) is 18.1 Å². The van der Waals surface area contributed by atoms with Crippen LogP contribution >= 0.6 is 0 Å². The second-order valence-corrected chi connectivity index (χ2v) is 4.30. The fourth-order valence-electron chi connectivity index (χ4n) is 2.33. The van der Waals surface area contributed by atoms with E-state index in [1.807, 2.05) is 12.1 Å². The maximum Gasteiger partial charge on any atom is 0.121 e. The minimum absolute atomic E-state index is 0.711. The summed E-state index contributed by atoms with van der Waals surface area (Å²) in [5.74, 6) is 2.83. The molecule has 0 saturated heterocycles. The zero-order valence-electron chi connectivity index (χ0n) is 9.03. The van der Waals surface area contributed by atoms with Crippen LogP contribution in [0.3, 0.4) is 0 Å². The van der Waals surface area contributed by atoms with Gasteiger partial charge in [0.15, 0.2) is 0 Å². The highest BCUT2D eigenvalue weighted by molar-refractivity contribution is 5.78. The van der Waals surface area contributed by atoms with E-state index in [1.165, 1.54) is 11.3 Å². The average molecular weight is 202 g/mol. The molecule has 0 aliphatic carbocycles. The Morgan fingerprint density at radius 3 is 3.13 bits per heavy atom. The van der Waals surface area contributed by atoms with Crippen molar-refractivity contribution in [2.75, 3.05) is 7.11 Å². The van der Waals surface area contributed by atoms with Gasteiger partial charge >= 0.3 is 0 Å². The van der Waals surface area contributed by atoms with Crippen molar-refractivity contribution in [3.63, 3.8) is 0 Å². The highest BCUT2D eigenvalue weighted by atomic mass is 16.5. The second-order valence-electron chi connectivity index (χ2n) is 4.30. The van der Waals surface area contributed by atoms with E-state index in [0.29, 0.717) is 5.92 Å². The molecule has 1 aromatic heterocycles. The Balaban J connectivity index is 2.22. The maximum absolute atomic E-state index is 5.24. The van der Waals surface area contributed by atoms with Crippen molar-refractivity contribution in [1.82, 2.24) is 9.55 Å². The highest BCUT2D eigenvalue weighted by Gasteiger charge is 2.21. The van der Waals surface area contributed by atoms with E-state index in [2.05, 4.69) is 22.5 Å². The van der Waals surface area contributed by atoms with Gasteiger partial charge in [0.1, 0.15) is 11.6 Å². The van der Waals surface area contributed by atoms with Crippen molar-refractivity contribution in [3.8, 4) is 5.75 Å². The average Bonchev–Trinajstić information content (AvgIpc) is 2.73. The van der Waals surface area contributed by atoms with Gasteiger partial charge in [0.25, 0.3) is 0 Å². The summed E-state index contributed by atoms with van der Waals surface area (Å²) in [5, 5.41) is 0. The monoisotopic (exact) mass is 202 g/mol. The van der Waals surface area contributed by atoms with Crippen LogP contribution in [0.15, 0.2) is 18.2 Å². The zero-order valence-corrected chi connectivity index (χ0v) is 9.03. The summed E-state index contributed by atoms with van der Waals surface area (Å²) in [6, 6.07) is 6.07. The number of hydrogen-bond acceptors (Lipinski definition) is 2. The molecule has 1 aliphatic rings. The Morgan fingerprint density at radius 2 is 2.33 bits per heavy atom. The molecule has 2 aromatic rings. The number of benzene rings is 1. The third-order valence-corrected chi connectivity index (χ3v) is 3.06. The molecule has 1 atom stereocenters. The first-order valence-corrected chi connectivity index (χ1v) is 5.31. The molecule has 0 saturated carbocycles. The van der Waals surface area contributed by atoms with Gasteiger partial charge in [-0.05, 0) is 18.1 Å². The lowest BCUT2D eigenvalue weighted by Crippen LogP contribution is -1.97. The number of methoxy groups -OCH3 is 1. The van der Waals surface area contributed by atoms with Crippen LogP contribution < -0.4 is 4.74 Å². The van der Waals surface area contributed by atoms with Crippen molar-refractivity contribution in [2.24, 2.45) is 5.92 Å². The van der Waals surface area contributed by atoms with Gasteiger partial charge in [-0.3, -0.25) is 0 Å². The molecular formula is C12H14N2O. The van der Waals surface area contributed by atoms with Gasteiger partial charge in [-0.15, -0.1) is 0 Å². The molecule has 0 N–H and O–H groups in total. The van der Waals surface area contributed by atoms with Crippen molar-refractivity contribution >= 4 is 11.0 Å². The lowest BCUT2D eigenvalue weighted by molar-refractivity contribution is 0.415. The van der Waals surface area contributed by atoms with E-state index < -0.39 is 0 Å². The number of imidazole rings is 1. The van der Waals surface area contributed by atoms with Crippen molar-refractivity contribution < 1.29 is 4.74 Å². The van der Waals surface area contributed by atoms with Crippen LogP contribution in [0.5, 0.6) is 5.75 Å². The largest absolute Gasteiger partial charge is 0.497 e. The minimum Gasteiger partial charge on any atom is -0.497 e. The molecule has 2 heterocycles. The summed E-state index contributed by atoms with van der Waals surface area (Å²) < 4.78 is 7.55. The normalized spacial score (nSPS) is 19.5. The quantitative estimate of drug-likeness (QED) is 0.709. The highest BCUT2D eigenvalue weighted by Crippen LogP contribution is 2.28. The number of hydrogen-bond donors (Lipinski definition) is 0. The number of ether oxygens (including phenoxy) is 1. The Bertz CT molecular complexity index is 516. The summed E-state index contributed by atoms with van der Waals surface area (Å²) in [5.41, 5.74) is 2.28. The van der Waals surface area contributed by atoms with E-state index in [0.717, 1.165) is 24.2 Å². The molecule has 78 valence electrons. The minimum atomic E-state index is 0.711. The van der Waals surface area contributed by atoms with Crippen LogP contribution in [0, 0.1) is 5.92 Å². The summed E-state index contributed by atoms with van der Waals surface area (Å²) in [6.07, 6.45) is 1.09. The summed E-state index contributed by atoms with van der Waals surface area (Å²) >= 11 is 0. The second kappa shape index (κ2) is 2.99. The number of nitrogens with zero attached hydrogens (tertiary/aromatic N) is 2. The van der Waals surface area contributed by atoms with Gasteiger partial charge < -0.3 is 9.30 Å². The van der Waals surface area contributed by atoms with E-state index >= 15 is 0 Å². The first-order chi connectivity index (χ1) is 7.28. The van der Waals surface area contributed by atoms with Crippen molar-refractivity contribution in [1.29, 1.82) is 0 Å². The molecule has 0 radical (unpaired) electrons. The Kier molecular flexibility index (Phi) is 1.75. The summed E-state index contributed by atoms with van der Waals surface area (Å²) in [4.78, 5) is 4.63. The molecule has 1 aromatic carbocycles. The molecule has 3 rings (SSSR count).